The fourth-order valence-electron chi connectivity index (χ4n) is 1.76. The molecule has 2 rings (SSSR count). The van der Waals surface area contributed by atoms with E-state index in [-0.39, 0.29) is 5.97 Å². The molecule has 1 saturated heterocycles. The number of carbonyl (C=O) groups is 1. The number of anilines is 1. The maximum Gasteiger partial charge on any atom is 0.358 e. The molecule has 0 radical (unpaired) electrons. The number of aryl methyl sites for hydroxylation is 1. The van der Waals surface area contributed by atoms with Crippen LogP contribution in [-0.2, 0) is 4.74 Å². The van der Waals surface area contributed by atoms with Crippen molar-refractivity contribution in [2.45, 2.75) is 13.8 Å². The van der Waals surface area contributed by atoms with Crippen molar-refractivity contribution in [1.82, 2.24) is 10.3 Å². The summed E-state index contributed by atoms with van der Waals surface area (Å²) in [6.07, 6.45) is 0. The summed E-state index contributed by atoms with van der Waals surface area (Å²) >= 11 is 1.56. The van der Waals surface area contributed by atoms with Crippen LogP contribution >= 0.6 is 11.3 Å². The molecule has 17 heavy (non-hydrogen) atoms. The summed E-state index contributed by atoms with van der Waals surface area (Å²) in [6, 6.07) is 0. The normalized spacial score (nSPS) is 16.0. The first-order valence-corrected chi connectivity index (χ1v) is 6.64. The number of hydrogen-bond acceptors (Lipinski definition) is 6. The minimum absolute atomic E-state index is 0.317. The van der Waals surface area contributed by atoms with Crippen LogP contribution < -0.4 is 10.2 Å². The monoisotopic (exact) mass is 255 g/mol. The summed E-state index contributed by atoms with van der Waals surface area (Å²) < 4.78 is 4.98. The molecule has 0 aliphatic carbocycles. The maximum absolute atomic E-state index is 11.7. The van der Waals surface area contributed by atoms with Gasteiger partial charge in [-0.3, -0.25) is 0 Å². The quantitative estimate of drug-likeness (QED) is 0.818. The van der Waals surface area contributed by atoms with Gasteiger partial charge in [0.1, 0.15) is 0 Å². The molecule has 94 valence electrons. The van der Waals surface area contributed by atoms with Crippen LogP contribution in [0, 0.1) is 6.92 Å². The Balaban J connectivity index is 2.14. The number of nitrogens with one attached hydrogen (secondary N) is 1. The van der Waals surface area contributed by atoms with Crippen LogP contribution in [0.25, 0.3) is 0 Å². The number of aromatic nitrogens is 1. The third kappa shape index (κ3) is 2.76. The molecule has 2 heterocycles. The third-order valence-corrected chi connectivity index (χ3v) is 3.67. The van der Waals surface area contributed by atoms with Crippen LogP contribution in [0.4, 0.5) is 5.13 Å². The Morgan fingerprint density at radius 3 is 2.88 bits per heavy atom. The van der Waals surface area contributed by atoms with Crippen molar-refractivity contribution in [3.63, 3.8) is 0 Å². The summed E-state index contributed by atoms with van der Waals surface area (Å²) in [4.78, 5) is 19.2. The van der Waals surface area contributed by atoms with E-state index in [1.165, 1.54) is 0 Å². The highest BCUT2D eigenvalue weighted by Gasteiger charge is 2.20. The molecular formula is C11H17N3O2S. The van der Waals surface area contributed by atoms with E-state index in [9.17, 15) is 4.79 Å². The first-order valence-electron chi connectivity index (χ1n) is 5.82. The molecule has 5 nitrogen and oxygen atoms in total. The highest BCUT2D eigenvalue weighted by Crippen LogP contribution is 2.26. The number of nitrogens with zero attached hydrogens (tertiary/aromatic N) is 2. The second-order valence-corrected chi connectivity index (χ2v) is 5.04. The first-order chi connectivity index (χ1) is 8.22. The maximum atomic E-state index is 11.7. The molecule has 0 bridgehead atoms. The largest absolute Gasteiger partial charge is 0.461 e. The molecule has 0 spiro atoms. The number of hydrogen-bond donors (Lipinski definition) is 1. The van der Waals surface area contributed by atoms with Crippen molar-refractivity contribution in [3.8, 4) is 0 Å². The van der Waals surface area contributed by atoms with E-state index in [1.807, 2.05) is 6.92 Å². The Hall–Kier alpha value is -1.14. The Morgan fingerprint density at radius 2 is 2.24 bits per heavy atom. The lowest BCUT2D eigenvalue weighted by Gasteiger charge is -2.26. The lowest BCUT2D eigenvalue weighted by atomic mass is 10.4. The van der Waals surface area contributed by atoms with E-state index >= 15 is 0 Å². The van der Waals surface area contributed by atoms with Crippen LogP contribution in [0.3, 0.4) is 0 Å². The molecule has 0 atom stereocenters. The minimum atomic E-state index is -0.317. The average Bonchev–Trinajstić information content (AvgIpc) is 2.73. The van der Waals surface area contributed by atoms with Gasteiger partial charge in [-0.15, -0.1) is 11.3 Å². The predicted molar refractivity (Wildman–Crippen MR) is 67.9 cm³/mol. The van der Waals surface area contributed by atoms with Gasteiger partial charge < -0.3 is 15.0 Å². The van der Waals surface area contributed by atoms with E-state index in [1.54, 1.807) is 18.3 Å². The lowest BCUT2D eigenvalue weighted by Crippen LogP contribution is -2.43. The van der Waals surface area contributed by atoms with Crippen molar-refractivity contribution < 1.29 is 9.53 Å². The van der Waals surface area contributed by atoms with E-state index in [0.717, 1.165) is 36.2 Å². The van der Waals surface area contributed by atoms with E-state index in [2.05, 4.69) is 15.2 Å². The zero-order valence-electron chi connectivity index (χ0n) is 10.2. The Kier molecular flexibility index (Phi) is 3.96. The number of ether oxygens (including phenoxy) is 1. The molecule has 1 aromatic heterocycles. The second kappa shape index (κ2) is 5.46. The summed E-state index contributed by atoms with van der Waals surface area (Å²) in [5.74, 6) is -0.317. The predicted octanol–water partition coefficient (Wildman–Crippen LogP) is 1.04. The van der Waals surface area contributed by atoms with E-state index in [0.29, 0.717) is 12.3 Å². The molecule has 1 aliphatic heterocycles. The van der Waals surface area contributed by atoms with E-state index < -0.39 is 0 Å². The van der Waals surface area contributed by atoms with Gasteiger partial charge >= 0.3 is 5.97 Å². The van der Waals surface area contributed by atoms with Crippen molar-refractivity contribution in [2.75, 3.05) is 37.7 Å². The standard InChI is InChI=1S/C11H17N3O2S/c1-3-16-10(15)9-8(2)17-11(13-9)14-6-4-12-5-7-14/h12H,3-7H2,1-2H3. The van der Waals surface area contributed by atoms with Gasteiger partial charge in [0, 0.05) is 31.1 Å². The molecule has 0 saturated carbocycles. The zero-order chi connectivity index (χ0) is 12.3. The van der Waals surface area contributed by atoms with Crippen LogP contribution in [0.1, 0.15) is 22.3 Å². The highest BCUT2D eigenvalue weighted by atomic mass is 32.1. The van der Waals surface area contributed by atoms with Gasteiger partial charge in [-0.2, -0.15) is 0 Å². The Bertz CT molecular complexity index is 399. The lowest BCUT2D eigenvalue weighted by molar-refractivity contribution is 0.0519. The number of thiazole rings is 1. The molecule has 0 amide bonds. The van der Waals surface area contributed by atoms with Crippen LogP contribution in [0.5, 0.6) is 0 Å². The smallest absolute Gasteiger partial charge is 0.358 e. The number of rotatable bonds is 3. The number of esters is 1. The minimum Gasteiger partial charge on any atom is -0.461 e. The number of piperazine rings is 1. The summed E-state index contributed by atoms with van der Waals surface area (Å²) in [5.41, 5.74) is 0.463. The Labute approximate surface area is 105 Å². The molecule has 0 aromatic carbocycles. The van der Waals surface area contributed by atoms with Crippen molar-refractivity contribution >= 4 is 22.4 Å². The Morgan fingerprint density at radius 1 is 1.53 bits per heavy atom. The third-order valence-electron chi connectivity index (χ3n) is 2.64. The topological polar surface area (TPSA) is 54.5 Å². The van der Waals surface area contributed by atoms with Crippen molar-refractivity contribution in [3.05, 3.63) is 10.6 Å². The van der Waals surface area contributed by atoms with Crippen LogP contribution in [-0.4, -0.2) is 43.7 Å². The first kappa shape index (κ1) is 12.3. The highest BCUT2D eigenvalue weighted by molar-refractivity contribution is 7.15. The zero-order valence-corrected chi connectivity index (χ0v) is 11.0. The molecule has 1 aromatic rings. The molecule has 1 aliphatic rings. The molecule has 1 N–H and O–H groups in total. The molecule has 6 heteroatoms. The fraction of sp³-hybridized carbons (Fsp3) is 0.636. The molecule has 1 fully saturated rings. The SMILES string of the molecule is CCOC(=O)c1nc(N2CCNCC2)sc1C. The van der Waals surface area contributed by atoms with Crippen molar-refractivity contribution in [2.24, 2.45) is 0 Å². The van der Waals surface area contributed by atoms with Gasteiger partial charge in [-0.1, -0.05) is 0 Å². The molecule has 0 unspecified atom stereocenters. The van der Waals surface area contributed by atoms with Gasteiger partial charge in [0.15, 0.2) is 10.8 Å². The van der Waals surface area contributed by atoms with Gasteiger partial charge in [-0.25, -0.2) is 9.78 Å². The van der Waals surface area contributed by atoms with Gasteiger partial charge in [0.05, 0.1) is 6.61 Å². The summed E-state index contributed by atoms with van der Waals surface area (Å²) in [5, 5.41) is 4.22. The second-order valence-electron chi connectivity index (χ2n) is 3.86. The van der Waals surface area contributed by atoms with Gasteiger partial charge in [0.2, 0.25) is 0 Å². The van der Waals surface area contributed by atoms with Gasteiger partial charge in [0.25, 0.3) is 0 Å². The summed E-state index contributed by atoms with van der Waals surface area (Å²) in [6.45, 7) is 7.91. The van der Waals surface area contributed by atoms with E-state index in [4.69, 9.17) is 4.74 Å². The molecular weight excluding hydrogens is 238 g/mol. The van der Waals surface area contributed by atoms with Crippen LogP contribution in [0.15, 0.2) is 0 Å². The average molecular weight is 255 g/mol. The summed E-state index contributed by atoms with van der Waals surface area (Å²) in [7, 11) is 0. The number of carbonyl (C=O) groups excluding carboxylic acids is 1. The fourth-order valence-corrected chi connectivity index (χ4v) is 2.71. The van der Waals surface area contributed by atoms with Gasteiger partial charge in [-0.05, 0) is 13.8 Å². The van der Waals surface area contributed by atoms with Crippen LogP contribution in [0.2, 0.25) is 0 Å². The van der Waals surface area contributed by atoms with Crippen molar-refractivity contribution in [1.29, 1.82) is 0 Å².